The molecule has 96 valence electrons. The molecular formula is C8H11O8Th-. The van der Waals surface area contributed by atoms with E-state index >= 15 is 0 Å². The van der Waals surface area contributed by atoms with Gasteiger partial charge in [0, 0.05) is 45.9 Å². The smallest absolute Gasteiger partial charge is 0.303 e. The van der Waals surface area contributed by atoms with Gasteiger partial charge in [-0.05, 0) is 6.42 Å². The molecular weight excluding hydrogens is 456 g/mol. The summed E-state index contributed by atoms with van der Waals surface area (Å²) in [6.45, 7) is 0. The molecule has 0 aromatic heterocycles. The van der Waals surface area contributed by atoms with E-state index in [2.05, 4.69) is 0 Å². The maximum Gasteiger partial charge on any atom is 0.303 e. The average molecular weight is 467 g/mol. The minimum absolute atomic E-state index is 0. The van der Waals surface area contributed by atoms with Gasteiger partial charge in [0.2, 0.25) is 0 Å². The van der Waals surface area contributed by atoms with E-state index in [4.69, 9.17) is 15.3 Å². The van der Waals surface area contributed by atoms with Crippen molar-refractivity contribution in [3.63, 3.8) is 0 Å². The van der Waals surface area contributed by atoms with Gasteiger partial charge in [0.05, 0.1) is 19.3 Å². The molecule has 8 nitrogen and oxygen atoms in total. The van der Waals surface area contributed by atoms with Crippen LogP contribution in [-0.2, 0) is 19.2 Å². The molecule has 0 saturated carbocycles. The summed E-state index contributed by atoms with van der Waals surface area (Å²) in [7, 11) is 0. The second kappa shape index (κ2) is 13.3. The predicted molar refractivity (Wildman–Crippen MR) is 46.4 cm³/mol. The molecule has 0 aliphatic heterocycles. The van der Waals surface area contributed by atoms with Crippen LogP contribution >= 0.6 is 0 Å². The first-order chi connectivity index (χ1) is 7.25. The van der Waals surface area contributed by atoms with Crippen LogP contribution < -0.4 is 5.11 Å². The zero-order valence-electron chi connectivity index (χ0n) is 8.71. The van der Waals surface area contributed by atoms with Gasteiger partial charge in [-0.15, -0.1) is 0 Å². The standard InChI is InChI=1S/2C4H6O4.Th/c2*5-3(6)1-2-4(7)8;/h2*1-2H2,(H,5,6)(H,7,8);/p-1. The third-order valence-electron chi connectivity index (χ3n) is 1.10. The monoisotopic (exact) mass is 467 g/mol. The van der Waals surface area contributed by atoms with Crippen molar-refractivity contribution in [2.24, 2.45) is 0 Å². The Morgan fingerprint density at radius 2 is 0.941 bits per heavy atom. The van der Waals surface area contributed by atoms with Crippen molar-refractivity contribution in [1.82, 2.24) is 0 Å². The van der Waals surface area contributed by atoms with Crippen LogP contribution in [0, 0.1) is 39.9 Å². The maximum atomic E-state index is 9.64. The Labute approximate surface area is 128 Å². The van der Waals surface area contributed by atoms with E-state index < -0.39 is 30.3 Å². The second-order valence-corrected chi connectivity index (χ2v) is 2.55. The fraction of sp³-hybridized carbons (Fsp3) is 0.500. The molecule has 17 heavy (non-hydrogen) atoms. The van der Waals surface area contributed by atoms with E-state index in [1.54, 1.807) is 0 Å². The summed E-state index contributed by atoms with van der Waals surface area (Å²) in [4.78, 5) is 38.4. The zero-order chi connectivity index (χ0) is 13.1. The molecule has 0 fully saturated rings. The van der Waals surface area contributed by atoms with Crippen molar-refractivity contribution in [2.45, 2.75) is 25.7 Å². The fourth-order valence-electron chi connectivity index (χ4n) is 0.423. The quantitative estimate of drug-likeness (QED) is 0.429. The van der Waals surface area contributed by atoms with Crippen LogP contribution in [0.4, 0.5) is 0 Å². The van der Waals surface area contributed by atoms with Crippen molar-refractivity contribution in [2.75, 3.05) is 0 Å². The van der Waals surface area contributed by atoms with E-state index in [0.717, 1.165) is 0 Å². The number of carboxylic acids is 4. The third kappa shape index (κ3) is 31.3. The SMILES string of the molecule is O=C(O)CCC(=O)O.O=C([O-])CCC(=O)O.[Th]. The first-order valence-electron chi connectivity index (χ1n) is 4.11. The number of carbonyl (C=O) groups excluding carboxylic acids is 1. The van der Waals surface area contributed by atoms with Crippen LogP contribution in [-0.4, -0.2) is 39.2 Å². The van der Waals surface area contributed by atoms with Crippen molar-refractivity contribution >= 4 is 23.9 Å². The molecule has 0 saturated heterocycles. The van der Waals surface area contributed by atoms with Gasteiger partial charge in [-0.2, -0.15) is 0 Å². The van der Waals surface area contributed by atoms with E-state index in [1.165, 1.54) is 0 Å². The summed E-state index contributed by atoms with van der Waals surface area (Å²) >= 11 is 0. The number of rotatable bonds is 6. The Hall–Kier alpha value is -0.795. The summed E-state index contributed by atoms with van der Waals surface area (Å²) < 4.78 is 0. The zero-order valence-corrected chi connectivity index (χ0v) is 12.8. The summed E-state index contributed by atoms with van der Waals surface area (Å²) in [5.74, 6) is -4.60. The number of aliphatic carboxylic acids is 4. The van der Waals surface area contributed by atoms with E-state index in [9.17, 15) is 24.3 Å². The van der Waals surface area contributed by atoms with Gasteiger partial charge in [0.25, 0.3) is 0 Å². The fourth-order valence-corrected chi connectivity index (χ4v) is 0.423. The van der Waals surface area contributed by atoms with Crippen molar-refractivity contribution in [3.8, 4) is 0 Å². The van der Waals surface area contributed by atoms with Crippen LogP contribution in [0.2, 0.25) is 0 Å². The summed E-state index contributed by atoms with van der Waals surface area (Å²) in [5, 5.41) is 33.2. The molecule has 0 aliphatic carbocycles. The molecule has 3 N–H and O–H groups in total. The van der Waals surface area contributed by atoms with Gasteiger partial charge in [0.15, 0.2) is 0 Å². The van der Waals surface area contributed by atoms with E-state index in [1.807, 2.05) is 0 Å². The number of carboxylic acid groups (broad SMARTS) is 4. The van der Waals surface area contributed by atoms with Crippen molar-refractivity contribution in [1.29, 1.82) is 0 Å². The Kier molecular flexibility index (Phi) is 16.8. The Bertz CT molecular complexity index is 219. The number of hydrogen-bond donors (Lipinski definition) is 3. The van der Waals surface area contributed by atoms with Gasteiger partial charge in [0.1, 0.15) is 0 Å². The predicted octanol–water partition coefficient (Wildman–Crippen LogP) is -1.46. The molecule has 0 aromatic rings. The summed E-state index contributed by atoms with van der Waals surface area (Å²) in [6.07, 6.45) is -1.36. The van der Waals surface area contributed by atoms with Gasteiger partial charge in [-0.3, -0.25) is 14.4 Å². The van der Waals surface area contributed by atoms with Crippen LogP contribution in [0.25, 0.3) is 0 Å². The van der Waals surface area contributed by atoms with Gasteiger partial charge < -0.3 is 25.2 Å². The topological polar surface area (TPSA) is 152 Å². The molecule has 0 rings (SSSR count). The first-order valence-corrected chi connectivity index (χ1v) is 4.11. The largest absolute Gasteiger partial charge is 0.550 e. The molecule has 0 aliphatic rings. The molecule has 0 spiro atoms. The third-order valence-corrected chi connectivity index (χ3v) is 1.10. The Morgan fingerprint density at radius 1 is 0.706 bits per heavy atom. The molecule has 0 amide bonds. The first kappa shape index (κ1) is 21.5. The molecule has 0 atom stereocenters. The Balaban J connectivity index is -0.000000218. The van der Waals surface area contributed by atoms with Gasteiger partial charge in [-0.25, -0.2) is 0 Å². The van der Waals surface area contributed by atoms with Gasteiger partial charge in [-0.1, -0.05) is 0 Å². The van der Waals surface area contributed by atoms with Crippen molar-refractivity contribution < 1.29 is 79.5 Å². The van der Waals surface area contributed by atoms with Gasteiger partial charge >= 0.3 is 17.9 Å². The minimum Gasteiger partial charge on any atom is -0.550 e. The number of carbonyl (C=O) groups is 4. The van der Waals surface area contributed by atoms with Crippen molar-refractivity contribution in [3.05, 3.63) is 0 Å². The van der Waals surface area contributed by atoms with Crippen LogP contribution in [0.5, 0.6) is 0 Å². The number of hydrogen-bond acceptors (Lipinski definition) is 5. The Morgan fingerprint density at radius 3 is 1.06 bits per heavy atom. The van der Waals surface area contributed by atoms with Crippen LogP contribution in [0.15, 0.2) is 0 Å². The molecule has 0 heterocycles. The van der Waals surface area contributed by atoms with Crippen LogP contribution in [0.1, 0.15) is 25.7 Å². The van der Waals surface area contributed by atoms with E-state index in [-0.39, 0.29) is 59.2 Å². The normalized spacial score (nSPS) is 8.00. The minimum atomic E-state index is -1.33. The molecule has 0 radical (unpaired) electrons. The molecule has 9 heteroatoms. The summed E-state index contributed by atoms with van der Waals surface area (Å²) in [6, 6.07) is 0. The average Bonchev–Trinajstić information content (AvgIpc) is 2.12. The maximum absolute atomic E-state index is 9.64. The van der Waals surface area contributed by atoms with Crippen LogP contribution in [0.3, 0.4) is 0 Å². The molecule has 0 bridgehead atoms. The summed E-state index contributed by atoms with van der Waals surface area (Å²) in [5.41, 5.74) is 0. The molecule has 0 aromatic carbocycles. The molecule has 0 unspecified atom stereocenters. The second-order valence-electron chi connectivity index (χ2n) is 2.55. The van der Waals surface area contributed by atoms with E-state index in [0.29, 0.717) is 0 Å².